The lowest BCUT2D eigenvalue weighted by molar-refractivity contribution is 0.199. The minimum atomic E-state index is -0.109. The highest BCUT2D eigenvalue weighted by Gasteiger charge is 2.26. The number of fused-ring (bicyclic) bond motifs is 1. The number of aromatic nitrogens is 5. The Bertz CT molecular complexity index is 1310. The number of rotatable bonds is 5. The number of likely N-dealkylation sites (tertiary alicyclic amines) is 1. The highest BCUT2D eigenvalue weighted by molar-refractivity contribution is 5.92. The van der Waals surface area contributed by atoms with Gasteiger partial charge >= 0.3 is 0 Å². The van der Waals surface area contributed by atoms with Gasteiger partial charge in [0.2, 0.25) is 0 Å². The third kappa shape index (κ3) is 4.37. The third-order valence-corrected chi connectivity index (χ3v) is 6.94. The normalized spacial score (nSPS) is 15.6. The first-order valence-electron chi connectivity index (χ1n) is 12.2. The third-order valence-electron chi connectivity index (χ3n) is 6.94. The van der Waals surface area contributed by atoms with Crippen LogP contribution in [0.5, 0.6) is 0 Å². The lowest BCUT2D eigenvalue weighted by atomic mass is 9.87. The average molecular weight is 461 g/mol. The molecule has 0 aliphatic carbocycles. The van der Waals surface area contributed by atoms with Gasteiger partial charge in [0, 0.05) is 34.9 Å². The van der Waals surface area contributed by atoms with E-state index in [4.69, 9.17) is 0 Å². The number of aryl methyl sites for hydroxylation is 3. The summed E-state index contributed by atoms with van der Waals surface area (Å²) < 4.78 is 17.1. The predicted octanol–water partition coefficient (Wildman–Crippen LogP) is 5.62. The van der Waals surface area contributed by atoms with E-state index in [-0.39, 0.29) is 11.7 Å². The molecule has 0 unspecified atom stereocenters. The van der Waals surface area contributed by atoms with Crippen LogP contribution < -0.4 is 0 Å². The van der Waals surface area contributed by atoms with Crippen molar-refractivity contribution in [3.05, 3.63) is 64.7 Å². The molecule has 4 aromatic rings. The van der Waals surface area contributed by atoms with Gasteiger partial charge in [-0.3, -0.25) is 14.6 Å². The first-order chi connectivity index (χ1) is 16.3. The van der Waals surface area contributed by atoms with Gasteiger partial charge in [-0.15, -0.1) is 0 Å². The Morgan fingerprint density at radius 1 is 1.09 bits per heavy atom. The molecule has 1 fully saturated rings. The molecule has 0 radical (unpaired) electrons. The maximum atomic E-state index is 15.4. The molecule has 1 aliphatic rings. The van der Waals surface area contributed by atoms with E-state index in [1.807, 2.05) is 20.9 Å². The van der Waals surface area contributed by atoms with Gasteiger partial charge in [-0.25, -0.2) is 9.37 Å². The van der Waals surface area contributed by atoms with Crippen molar-refractivity contribution in [2.24, 2.45) is 7.05 Å². The van der Waals surface area contributed by atoms with Crippen LogP contribution in [0.25, 0.3) is 22.2 Å². The standard InChI is InChI=1S/C27H33FN6/c1-16(2)26-22-12-21(19-6-8-34(9-7-19)14-25-29-15-33(5)32-25)23(28)13-24(22)31-27(26)20-10-17(3)30-18(4)11-20/h10-13,15-16,19,31H,6-9,14H2,1-5H3. The van der Waals surface area contributed by atoms with Crippen LogP contribution in [0, 0.1) is 19.7 Å². The fourth-order valence-electron chi connectivity index (χ4n) is 5.43. The summed E-state index contributed by atoms with van der Waals surface area (Å²) in [6, 6.07) is 8.02. The number of pyridine rings is 1. The van der Waals surface area contributed by atoms with Crippen molar-refractivity contribution in [2.75, 3.05) is 13.1 Å². The number of benzene rings is 1. The van der Waals surface area contributed by atoms with Crippen LogP contribution in [-0.4, -0.2) is 42.7 Å². The predicted molar refractivity (Wildman–Crippen MR) is 133 cm³/mol. The number of hydrogen-bond acceptors (Lipinski definition) is 4. The van der Waals surface area contributed by atoms with Crippen LogP contribution in [0.1, 0.15) is 66.9 Å². The fourth-order valence-corrected chi connectivity index (χ4v) is 5.43. The van der Waals surface area contributed by atoms with E-state index in [2.05, 4.69) is 57.0 Å². The lowest BCUT2D eigenvalue weighted by Crippen LogP contribution is -2.33. The molecule has 0 saturated carbocycles. The average Bonchev–Trinajstić information content (AvgIpc) is 3.36. The number of nitrogens with zero attached hydrogens (tertiary/aromatic N) is 5. The van der Waals surface area contributed by atoms with Crippen molar-refractivity contribution in [3.63, 3.8) is 0 Å². The first kappa shape index (κ1) is 22.7. The molecule has 4 heterocycles. The molecule has 0 spiro atoms. The summed E-state index contributed by atoms with van der Waals surface area (Å²) >= 11 is 0. The monoisotopic (exact) mass is 460 g/mol. The Morgan fingerprint density at radius 2 is 1.79 bits per heavy atom. The summed E-state index contributed by atoms with van der Waals surface area (Å²) in [6.45, 7) is 11.0. The number of aromatic amines is 1. The minimum Gasteiger partial charge on any atom is -0.354 e. The van der Waals surface area contributed by atoms with Crippen LogP contribution in [0.4, 0.5) is 4.39 Å². The van der Waals surface area contributed by atoms with Crippen molar-refractivity contribution in [1.29, 1.82) is 0 Å². The maximum absolute atomic E-state index is 15.4. The molecule has 0 atom stereocenters. The van der Waals surface area contributed by atoms with Crippen LogP contribution in [-0.2, 0) is 13.6 Å². The van der Waals surface area contributed by atoms with Gasteiger partial charge in [-0.05, 0) is 87.0 Å². The molecule has 1 aliphatic heterocycles. The Kier molecular flexibility index (Phi) is 5.98. The SMILES string of the molecule is Cc1cc(-c2[nH]c3cc(F)c(C4CCN(Cc5ncn(C)n5)CC4)cc3c2C(C)C)cc(C)n1. The Morgan fingerprint density at radius 3 is 2.41 bits per heavy atom. The van der Waals surface area contributed by atoms with Crippen molar-refractivity contribution >= 4 is 10.9 Å². The second-order valence-electron chi connectivity index (χ2n) is 10.0. The smallest absolute Gasteiger partial charge is 0.164 e. The number of halogens is 1. The molecular formula is C27H33FN6. The van der Waals surface area contributed by atoms with Crippen LogP contribution in [0.3, 0.4) is 0 Å². The van der Waals surface area contributed by atoms with Crippen LogP contribution in [0.15, 0.2) is 30.6 Å². The largest absolute Gasteiger partial charge is 0.354 e. The molecular weight excluding hydrogens is 427 g/mol. The summed E-state index contributed by atoms with van der Waals surface area (Å²) in [7, 11) is 1.89. The highest BCUT2D eigenvalue weighted by atomic mass is 19.1. The van der Waals surface area contributed by atoms with E-state index in [1.165, 1.54) is 5.56 Å². The van der Waals surface area contributed by atoms with E-state index >= 15 is 4.39 Å². The van der Waals surface area contributed by atoms with Crippen LogP contribution in [0.2, 0.25) is 0 Å². The molecule has 6 nitrogen and oxygen atoms in total. The zero-order chi connectivity index (χ0) is 24.0. The summed E-state index contributed by atoms with van der Waals surface area (Å²) in [5.41, 5.74) is 7.13. The van der Waals surface area contributed by atoms with E-state index in [0.717, 1.165) is 77.4 Å². The fraction of sp³-hybridized carbons (Fsp3) is 0.444. The second-order valence-corrected chi connectivity index (χ2v) is 10.0. The molecule has 0 amide bonds. The van der Waals surface area contributed by atoms with E-state index in [9.17, 15) is 0 Å². The number of hydrogen-bond donors (Lipinski definition) is 1. The van der Waals surface area contributed by atoms with Gasteiger partial charge < -0.3 is 4.98 Å². The van der Waals surface area contributed by atoms with Crippen molar-refractivity contribution in [1.82, 2.24) is 29.6 Å². The van der Waals surface area contributed by atoms with Crippen molar-refractivity contribution < 1.29 is 4.39 Å². The van der Waals surface area contributed by atoms with Gasteiger partial charge in [0.25, 0.3) is 0 Å². The molecule has 7 heteroatoms. The number of nitrogens with one attached hydrogen (secondary N) is 1. The Labute approximate surface area is 200 Å². The van der Waals surface area contributed by atoms with Gasteiger partial charge in [-0.1, -0.05) is 13.8 Å². The van der Waals surface area contributed by atoms with E-state index in [1.54, 1.807) is 17.1 Å². The summed E-state index contributed by atoms with van der Waals surface area (Å²) in [6.07, 6.45) is 3.61. The maximum Gasteiger partial charge on any atom is 0.164 e. The first-order valence-corrected chi connectivity index (χ1v) is 12.2. The van der Waals surface area contributed by atoms with Crippen molar-refractivity contribution in [3.8, 4) is 11.3 Å². The second kappa shape index (κ2) is 8.95. The molecule has 178 valence electrons. The molecule has 1 aromatic carbocycles. The van der Waals surface area contributed by atoms with Gasteiger partial charge in [0.05, 0.1) is 12.2 Å². The summed E-state index contributed by atoms with van der Waals surface area (Å²) in [5.74, 6) is 1.27. The van der Waals surface area contributed by atoms with Crippen LogP contribution >= 0.6 is 0 Å². The van der Waals surface area contributed by atoms with E-state index < -0.39 is 0 Å². The molecule has 5 rings (SSSR count). The topological polar surface area (TPSA) is 62.6 Å². The summed E-state index contributed by atoms with van der Waals surface area (Å²) in [5, 5.41) is 5.52. The highest BCUT2D eigenvalue weighted by Crippen LogP contribution is 2.39. The van der Waals surface area contributed by atoms with Gasteiger partial charge in [0.1, 0.15) is 12.1 Å². The zero-order valence-electron chi connectivity index (χ0n) is 20.7. The molecule has 1 N–H and O–H groups in total. The number of piperidine rings is 1. The van der Waals surface area contributed by atoms with Gasteiger partial charge in [0.15, 0.2) is 5.82 Å². The molecule has 0 bridgehead atoms. The lowest BCUT2D eigenvalue weighted by Gasteiger charge is -2.31. The molecule has 3 aromatic heterocycles. The minimum absolute atomic E-state index is 0.109. The van der Waals surface area contributed by atoms with Gasteiger partial charge in [-0.2, -0.15) is 5.10 Å². The zero-order valence-corrected chi connectivity index (χ0v) is 20.7. The van der Waals surface area contributed by atoms with Crippen molar-refractivity contribution in [2.45, 2.75) is 58.9 Å². The molecule has 1 saturated heterocycles. The molecule has 34 heavy (non-hydrogen) atoms. The quantitative estimate of drug-likeness (QED) is 0.420. The van der Waals surface area contributed by atoms with E-state index in [0.29, 0.717) is 5.92 Å². The Hall–Kier alpha value is -3.06. The number of H-pyrrole nitrogens is 1. The Balaban J connectivity index is 1.45. The summed E-state index contributed by atoms with van der Waals surface area (Å²) in [4.78, 5) is 14.8.